The van der Waals surface area contributed by atoms with Gasteiger partial charge in [-0.05, 0) is 37.5 Å². The third kappa shape index (κ3) is 5.21. The van der Waals surface area contributed by atoms with Crippen molar-refractivity contribution in [2.45, 2.75) is 45.2 Å². The van der Waals surface area contributed by atoms with Crippen molar-refractivity contribution in [3.63, 3.8) is 0 Å². The lowest BCUT2D eigenvalue weighted by Gasteiger charge is -2.12. The molecular formula is C16H25NO2. The summed E-state index contributed by atoms with van der Waals surface area (Å²) < 4.78 is 10.8. The minimum absolute atomic E-state index is 0.619. The molecule has 0 aliphatic heterocycles. The van der Waals surface area contributed by atoms with E-state index >= 15 is 0 Å². The van der Waals surface area contributed by atoms with Gasteiger partial charge in [-0.25, -0.2) is 0 Å². The van der Waals surface area contributed by atoms with Crippen LogP contribution in [0.1, 0.15) is 38.2 Å². The molecule has 0 unspecified atom stereocenters. The Kier molecular flexibility index (Phi) is 6.18. The molecule has 1 fully saturated rings. The molecule has 1 N–H and O–H groups in total. The van der Waals surface area contributed by atoms with Crippen LogP contribution in [0.5, 0.6) is 5.75 Å². The number of nitrogens with one attached hydrogen (secondary N) is 1. The van der Waals surface area contributed by atoms with Crippen molar-refractivity contribution in [1.29, 1.82) is 0 Å². The highest BCUT2D eigenvalue weighted by atomic mass is 16.5. The highest BCUT2D eigenvalue weighted by Crippen LogP contribution is 2.18. The molecule has 1 saturated carbocycles. The van der Waals surface area contributed by atoms with Crippen LogP contribution in [0.3, 0.4) is 0 Å². The van der Waals surface area contributed by atoms with Crippen LogP contribution in [0.4, 0.5) is 0 Å². The summed E-state index contributed by atoms with van der Waals surface area (Å²) in [6, 6.07) is 9.08. The minimum Gasteiger partial charge on any atom is -0.491 e. The molecule has 1 aliphatic carbocycles. The van der Waals surface area contributed by atoms with E-state index < -0.39 is 0 Å². The Morgan fingerprint density at radius 1 is 1.11 bits per heavy atom. The molecule has 0 amide bonds. The van der Waals surface area contributed by atoms with E-state index in [2.05, 4.69) is 17.4 Å². The topological polar surface area (TPSA) is 30.5 Å². The SMILES string of the molecule is CCOCCOc1ccc(CNC2CCCC2)cc1. The van der Waals surface area contributed by atoms with Crippen LogP contribution in [0, 0.1) is 0 Å². The summed E-state index contributed by atoms with van der Waals surface area (Å²) in [5.74, 6) is 0.921. The zero-order chi connectivity index (χ0) is 13.3. The second-order valence-electron chi connectivity index (χ2n) is 5.05. The Balaban J connectivity index is 1.68. The molecule has 0 saturated heterocycles. The first-order chi connectivity index (χ1) is 9.38. The van der Waals surface area contributed by atoms with E-state index in [-0.39, 0.29) is 0 Å². The van der Waals surface area contributed by atoms with Crippen molar-refractivity contribution >= 4 is 0 Å². The molecule has 1 aromatic carbocycles. The van der Waals surface area contributed by atoms with Crippen molar-refractivity contribution in [3.05, 3.63) is 29.8 Å². The summed E-state index contributed by atoms with van der Waals surface area (Å²) in [5, 5.41) is 3.62. The highest BCUT2D eigenvalue weighted by Gasteiger charge is 2.13. The Morgan fingerprint density at radius 2 is 1.84 bits per heavy atom. The van der Waals surface area contributed by atoms with Crippen molar-refractivity contribution in [2.24, 2.45) is 0 Å². The molecule has 106 valence electrons. The molecule has 0 spiro atoms. The lowest BCUT2D eigenvalue weighted by Crippen LogP contribution is -2.25. The van der Waals surface area contributed by atoms with E-state index in [0.29, 0.717) is 13.2 Å². The lowest BCUT2D eigenvalue weighted by atomic mass is 10.2. The van der Waals surface area contributed by atoms with E-state index in [4.69, 9.17) is 9.47 Å². The molecule has 19 heavy (non-hydrogen) atoms. The van der Waals surface area contributed by atoms with Crippen LogP contribution in [0.2, 0.25) is 0 Å². The third-order valence-corrected chi connectivity index (χ3v) is 3.57. The van der Waals surface area contributed by atoms with Gasteiger partial charge in [-0.15, -0.1) is 0 Å². The van der Waals surface area contributed by atoms with E-state index in [9.17, 15) is 0 Å². The Hall–Kier alpha value is -1.06. The molecule has 1 aromatic rings. The van der Waals surface area contributed by atoms with Gasteiger partial charge in [0.25, 0.3) is 0 Å². The molecule has 0 radical (unpaired) electrons. The maximum Gasteiger partial charge on any atom is 0.119 e. The molecule has 0 bridgehead atoms. The summed E-state index contributed by atoms with van der Waals surface area (Å²) in [5.41, 5.74) is 1.32. The van der Waals surface area contributed by atoms with Gasteiger partial charge in [-0.1, -0.05) is 25.0 Å². The Bertz CT molecular complexity index is 344. The van der Waals surface area contributed by atoms with Crippen LogP contribution in [-0.2, 0) is 11.3 Å². The summed E-state index contributed by atoms with van der Waals surface area (Å²) in [4.78, 5) is 0. The van der Waals surface area contributed by atoms with E-state index in [0.717, 1.165) is 24.9 Å². The van der Waals surface area contributed by atoms with Gasteiger partial charge in [0.1, 0.15) is 12.4 Å². The van der Waals surface area contributed by atoms with E-state index in [1.165, 1.54) is 31.2 Å². The van der Waals surface area contributed by atoms with Crippen LogP contribution in [0.25, 0.3) is 0 Å². The first-order valence-corrected chi connectivity index (χ1v) is 7.41. The van der Waals surface area contributed by atoms with Gasteiger partial charge in [-0.2, -0.15) is 0 Å². The molecule has 3 nitrogen and oxygen atoms in total. The number of hydrogen-bond acceptors (Lipinski definition) is 3. The second kappa shape index (κ2) is 8.18. The third-order valence-electron chi connectivity index (χ3n) is 3.57. The average Bonchev–Trinajstić information content (AvgIpc) is 2.96. The molecule has 1 aliphatic rings. The van der Waals surface area contributed by atoms with Crippen LogP contribution in [0.15, 0.2) is 24.3 Å². The van der Waals surface area contributed by atoms with Gasteiger partial charge < -0.3 is 14.8 Å². The van der Waals surface area contributed by atoms with E-state index in [1.54, 1.807) is 0 Å². The zero-order valence-corrected chi connectivity index (χ0v) is 11.9. The smallest absolute Gasteiger partial charge is 0.119 e. The van der Waals surface area contributed by atoms with Gasteiger partial charge in [0.2, 0.25) is 0 Å². The second-order valence-corrected chi connectivity index (χ2v) is 5.05. The van der Waals surface area contributed by atoms with E-state index in [1.807, 2.05) is 19.1 Å². The summed E-state index contributed by atoms with van der Waals surface area (Å²) >= 11 is 0. The fourth-order valence-corrected chi connectivity index (χ4v) is 2.46. The maximum absolute atomic E-state index is 5.60. The zero-order valence-electron chi connectivity index (χ0n) is 11.9. The highest BCUT2D eigenvalue weighted by molar-refractivity contribution is 5.27. The summed E-state index contributed by atoms with van der Waals surface area (Å²) in [7, 11) is 0. The molecular weight excluding hydrogens is 238 g/mol. The predicted octanol–water partition coefficient (Wildman–Crippen LogP) is 3.13. The molecule has 2 rings (SSSR count). The number of rotatable bonds is 8. The number of ether oxygens (including phenoxy) is 2. The van der Waals surface area contributed by atoms with Gasteiger partial charge in [0, 0.05) is 19.2 Å². The summed E-state index contributed by atoms with van der Waals surface area (Å²) in [6.07, 6.45) is 5.42. The van der Waals surface area contributed by atoms with Crippen molar-refractivity contribution in [1.82, 2.24) is 5.32 Å². The van der Waals surface area contributed by atoms with Gasteiger partial charge in [0.05, 0.1) is 6.61 Å². The van der Waals surface area contributed by atoms with Crippen LogP contribution >= 0.6 is 0 Å². The Labute approximate surface area is 116 Å². The van der Waals surface area contributed by atoms with Gasteiger partial charge in [-0.3, -0.25) is 0 Å². The van der Waals surface area contributed by atoms with Crippen LogP contribution in [-0.4, -0.2) is 25.9 Å². The van der Waals surface area contributed by atoms with Crippen molar-refractivity contribution in [3.8, 4) is 5.75 Å². The lowest BCUT2D eigenvalue weighted by molar-refractivity contribution is 0.110. The monoisotopic (exact) mass is 263 g/mol. The fraction of sp³-hybridized carbons (Fsp3) is 0.625. The van der Waals surface area contributed by atoms with Crippen LogP contribution < -0.4 is 10.1 Å². The van der Waals surface area contributed by atoms with Gasteiger partial charge >= 0.3 is 0 Å². The number of hydrogen-bond donors (Lipinski definition) is 1. The largest absolute Gasteiger partial charge is 0.491 e. The molecule has 0 atom stereocenters. The first-order valence-electron chi connectivity index (χ1n) is 7.41. The van der Waals surface area contributed by atoms with Gasteiger partial charge in [0.15, 0.2) is 0 Å². The average molecular weight is 263 g/mol. The molecule has 0 heterocycles. The summed E-state index contributed by atoms with van der Waals surface area (Å²) in [6.45, 7) is 4.97. The normalized spacial score (nSPS) is 15.8. The predicted molar refractivity (Wildman–Crippen MR) is 77.5 cm³/mol. The maximum atomic E-state index is 5.60. The number of benzene rings is 1. The Morgan fingerprint density at radius 3 is 2.53 bits per heavy atom. The standard InChI is InChI=1S/C16H25NO2/c1-2-18-11-12-19-16-9-7-14(8-10-16)13-17-15-5-3-4-6-15/h7-10,15,17H,2-6,11-13H2,1H3. The molecule has 0 aromatic heterocycles. The molecule has 3 heteroatoms. The quantitative estimate of drug-likeness (QED) is 0.731. The van der Waals surface area contributed by atoms with Crippen molar-refractivity contribution in [2.75, 3.05) is 19.8 Å². The van der Waals surface area contributed by atoms with Crippen molar-refractivity contribution < 1.29 is 9.47 Å². The first kappa shape index (κ1) is 14.4. The fourth-order valence-electron chi connectivity index (χ4n) is 2.46. The minimum atomic E-state index is 0.619.